The zero-order valence-electron chi connectivity index (χ0n) is 25.2. The van der Waals surface area contributed by atoms with Crippen molar-refractivity contribution >= 4 is 26.5 Å². The molecule has 2 aliphatic rings. The SMILES string of the molecule is C1=CCCCCCC1.C1CCCCCCC1.C=CC(C)(C)C.CCC(C)(C)C.O=[SiH]OP(=O)(O)[CH-]P.[Ir]. The minimum Gasteiger partial charge on any atom is -0.481 e. The molecule has 0 heterocycles. The van der Waals surface area contributed by atoms with E-state index in [1.807, 2.05) is 15.3 Å². The molecule has 1 radical (unpaired) electrons. The van der Waals surface area contributed by atoms with Crippen LogP contribution in [0.5, 0.6) is 0 Å². The van der Waals surface area contributed by atoms with Crippen LogP contribution in [0.2, 0.25) is 0 Å². The van der Waals surface area contributed by atoms with Crippen molar-refractivity contribution in [3.63, 3.8) is 0 Å². The van der Waals surface area contributed by atoms with Crippen LogP contribution in [0.4, 0.5) is 0 Å². The van der Waals surface area contributed by atoms with Gasteiger partial charge in [0.2, 0.25) is 7.60 Å². The van der Waals surface area contributed by atoms with E-state index in [2.05, 4.69) is 71.4 Å². The number of allylic oxidation sites excluding steroid dienone is 3. The van der Waals surface area contributed by atoms with Gasteiger partial charge in [-0.15, -0.1) is 6.58 Å². The summed E-state index contributed by atoms with van der Waals surface area (Å²) in [6, 6.07) is 0. The van der Waals surface area contributed by atoms with Crippen LogP contribution in [0.25, 0.3) is 0 Å². The molecule has 1 saturated carbocycles. The molecular formula is C29H61IrO4P2Si-. The summed E-state index contributed by atoms with van der Waals surface area (Å²) in [7, 11) is -3.30. The molecule has 0 saturated heterocycles. The Morgan fingerprint density at radius 1 is 0.892 bits per heavy atom. The van der Waals surface area contributed by atoms with Crippen LogP contribution in [0, 0.1) is 16.7 Å². The fourth-order valence-electron chi connectivity index (χ4n) is 2.62. The summed E-state index contributed by atoms with van der Waals surface area (Å²) in [5.74, 6) is 0.901. The smallest absolute Gasteiger partial charge is 0.481 e. The maximum absolute atomic E-state index is 10.3. The van der Waals surface area contributed by atoms with Gasteiger partial charge in [0.1, 0.15) is 0 Å². The Balaban J connectivity index is -0.000000184. The van der Waals surface area contributed by atoms with Gasteiger partial charge in [-0.25, -0.2) is 0 Å². The van der Waals surface area contributed by atoms with Crippen LogP contribution in [0.1, 0.15) is 145 Å². The Morgan fingerprint density at radius 2 is 1.16 bits per heavy atom. The van der Waals surface area contributed by atoms with Gasteiger partial charge in [0.25, 0.3) is 0 Å². The third-order valence-electron chi connectivity index (χ3n) is 5.71. The van der Waals surface area contributed by atoms with Crippen molar-refractivity contribution in [2.24, 2.45) is 10.8 Å². The van der Waals surface area contributed by atoms with E-state index in [1.54, 1.807) is 0 Å². The van der Waals surface area contributed by atoms with Crippen LogP contribution in [0.3, 0.4) is 0 Å². The predicted molar refractivity (Wildman–Crippen MR) is 166 cm³/mol. The van der Waals surface area contributed by atoms with Gasteiger partial charge in [0, 0.05) is 20.1 Å². The van der Waals surface area contributed by atoms with E-state index in [0.717, 1.165) is 5.90 Å². The molecule has 2 aliphatic carbocycles. The van der Waals surface area contributed by atoms with Crippen LogP contribution in [-0.2, 0) is 33.3 Å². The normalized spacial score (nSPS) is 17.3. The molecule has 0 aromatic heterocycles. The molecule has 0 bridgehead atoms. The van der Waals surface area contributed by atoms with Gasteiger partial charge in [-0.05, 0) is 36.5 Å². The predicted octanol–water partition coefficient (Wildman–Crippen LogP) is 10.6. The van der Waals surface area contributed by atoms with Gasteiger partial charge >= 0.3 is 9.65 Å². The van der Waals surface area contributed by atoms with Crippen molar-refractivity contribution in [3.05, 3.63) is 30.7 Å². The first-order valence-corrected chi connectivity index (χ1v) is 17.3. The molecule has 0 aliphatic heterocycles. The van der Waals surface area contributed by atoms with E-state index >= 15 is 0 Å². The zero-order chi connectivity index (χ0) is 28.3. The molecule has 2 rings (SSSR count). The second-order valence-electron chi connectivity index (χ2n) is 11.7. The van der Waals surface area contributed by atoms with Crippen molar-refractivity contribution in [2.75, 3.05) is 0 Å². The minimum absolute atomic E-state index is 0. The van der Waals surface area contributed by atoms with E-state index in [-0.39, 0.29) is 20.1 Å². The van der Waals surface area contributed by atoms with Crippen molar-refractivity contribution in [3.8, 4) is 0 Å². The van der Waals surface area contributed by atoms with Crippen molar-refractivity contribution in [2.45, 2.75) is 145 Å². The van der Waals surface area contributed by atoms with Crippen LogP contribution in [0.15, 0.2) is 24.8 Å². The van der Waals surface area contributed by atoms with E-state index in [0.29, 0.717) is 10.8 Å². The maximum Gasteiger partial charge on any atom is 0.491 e. The summed E-state index contributed by atoms with van der Waals surface area (Å²) in [5.41, 5.74) is 0.847. The summed E-state index contributed by atoms with van der Waals surface area (Å²) >= 11 is 0. The topological polar surface area (TPSA) is 63.6 Å². The summed E-state index contributed by atoms with van der Waals surface area (Å²) in [5, 5.41) is 0. The van der Waals surface area contributed by atoms with Gasteiger partial charge in [-0.1, -0.05) is 137 Å². The van der Waals surface area contributed by atoms with Gasteiger partial charge in [-0.2, -0.15) is 5.90 Å². The molecule has 1 fully saturated rings. The average Bonchev–Trinajstić information content (AvgIpc) is 2.74. The minimum atomic E-state index is -3.61. The van der Waals surface area contributed by atoms with Crippen LogP contribution in [-0.4, -0.2) is 14.5 Å². The van der Waals surface area contributed by atoms with Crippen molar-refractivity contribution < 1.29 is 38.2 Å². The summed E-state index contributed by atoms with van der Waals surface area (Å²) in [6.07, 6.45) is 28.2. The summed E-state index contributed by atoms with van der Waals surface area (Å²) < 4.78 is 23.8. The number of hydrogen-bond donors (Lipinski definition) is 1. The second kappa shape index (κ2) is 29.5. The summed E-state index contributed by atoms with van der Waals surface area (Å²) in [4.78, 5) is 8.40. The Hall–Kier alpha value is 0.566. The van der Waals surface area contributed by atoms with Crippen LogP contribution < -0.4 is 0 Å². The molecule has 1 N–H and O–H groups in total. The third-order valence-corrected chi connectivity index (χ3v) is 8.77. The second-order valence-corrected chi connectivity index (χ2v) is 15.0. The molecule has 37 heavy (non-hydrogen) atoms. The van der Waals surface area contributed by atoms with Gasteiger partial charge in [0.15, 0.2) is 0 Å². The Kier molecular flexibility index (Phi) is 35.6. The molecule has 0 spiro atoms. The van der Waals surface area contributed by atoms with Gasteiger partial charge in [0.05, 0.1) is 0 Å². The maximum atomic E-state index is 10.3. The van der Waals surface area contributed by atoms with E-state index < -0.39 is 17.2 Å². The summed E-state index contributed by atoms with van der Waals surface area (Å²) in [6.45, 7) is 18.9. The van der Waals surface area contributed by atoms with E-state index in [4.69, 9.17) is 4.89 Å². The third kappa shape index (κ3) is 50.0. The quantitative estimate of drug-likeness (QED) is 0.135. The molecule has 0 aromatic rings. The molecule has 0 aromatic carbocycles. The number of hydrogen-bond acceptors (Lipinski definition) is 3. The molecule has 4 nitrogen and oxygen atoms in total. The van der Waals surface area contributed by atoms with Crippen molar-refractivity contribution in [1.29, 1.82) is 0 Å². The van der Waals surface area contributed by atoms with E-state index in [9.17, 15) is 9.03 Å². The Bertz CT molecular complexity index is 539. The Labute approximate surface area is 250 Å². The first-order valence-electron chi connectivity index (χ1n) is 14.0. The van der Waals surface area contributed by atoms with Gasteiger partial charge < -0.3 is 13.6 Å². The fraction of sp³-hybridized carbons (Fsp3) is 0.828. The van der Waals surface area contributed by atoms with Crippen molar-refractivity contribution in [1.82, 2.24) is 0 Å². The first-order chi connectivity index (χ1) is 16.7. The fourth-order valence-corrected chi connectivity index (χ4v) is 4.03. The monoisotopic (exact) mass is 756 g/mol. The largest absolute Gasteiger partial charge is 0.491 e. The number of rotatable bonds is 3. The molecule has 8 heteroatoms. The Morgan fingerprint density at radius 3 is 1.32 bits per heavy atom. The molecule has 2 atom stereocenters. The first kappa shape index (κ1) is 44.6. The molecule has 2 unspecified atom stereocenters. The van der Waals surface area contributed by atoms with E-state index in [1.165, 1.54) is 96.3 Å². The van der Waals surface area contributed by atoms with Gasteiger partial charge in [-0.3, -0.25) is 13.8 Å². The molecular weight excluding hydrogens is 695 g/mol. The van der Waals surface area contributed by atoms with Crippen LogP contribution >= 0.6 is 16.8 Å². The molecule has 0 amide bonds. The average molecular weight is 756 g/mol. The molecule has 225 valence electrons. The zero-order valence-corrected chi connectivity index (χ0v) is 30.8. The standard InChI is InChI=1S/C8H16.C8H14.C6H14.C6H12.CH5O4P2Si.Ir/c2*1-2-4-6-8-7-5-3-1;2*1-5-6(2,3)4;2-7(3,1-6)5-8-4;/h1-8H2;1-2H,3-8H2;5H2,1-4H3;5H,1H2,2-4H3;1,8H,6H2,(H,2,3);/q;;;;-1;.